The number of nitrogens with one attached hydrogen (secondary N) is 1. The van der Waals surface area contributed by atoms with Crippen molar-refractivity contribution in [3.05, 3.63) is 60.4 Å². The quantitative estimate of drug-likeness (QED) is 0.740. The number of amides is 2. The van der Waals surface area contributed by atoms with Gasteiger partial charge in [0.2, 0.25) is 0 Å². The Morgan fingerprint density at radius 2 is 2.00 bits per heavy atom. The highest BCUT2D eigenvalue weighted by atomic mass is 16.3. The van der Waals surface area contributed by atoms with E-state index in [1.54, 1.807) is 36.9 Å². The Hall–Kier alpha value is -3.22. The Morgan fingerprint density at radius 3 is 2.76 bits per heavy atom. The minimum absolute atomic E-state index is 0.0535. The molecule has 1 atom stereocenters. The predicted octanol–water partition coefficient (Wildman–Crippen LogP) is 2.90. The molecule has 1 spiro atoms. The topological polar surface area (TPSA) is 88.3 Å². The van der Waals surface area contributed by atoms with E-state index >= 15 is 0 Å². The molecule has 2 amide bonds. The maximum Gasteiger partial charge on any atom is 0.287 e. The third kappa shape index (κ3) is 3.37. The zero-order valence-corrected chi connectivity index (χ0v) is 16.0. The lowest BCUT2D eigenvalue weighted by atomic mass is 9.90. The largest absolute Gasteiger partial charge is 0.449 e. The number of nitrogens with zero attached hydrogens (tertiary/aromatic N) is 3. The summed E-state index contributed by atoms with van der Waals surface area (Å²) in [5.41, 5.74) is 1.52. The number of hydrogen-bond acceptors (Lipinski definition) is 5. The summed E-state index contributed by atoms with van der Waals surface area (Å²) in [6, 6.07) is 7.17. The fraction of sp³-hybridized carbons (Fsp3) is 0.364. The van der Waals surface area contributed by atoms with Gasteiger partial charge in [0.1, 0.15) is 0 Å². The molecule has 0 bridgehead atoms. The molecule has 3 aromatic rings. The summed E-state index contributed by atoms with van der Waals surface area (Å²) >= 11 is 0. The van der Waals surface area contributed by atoms with Gasteiger partial charge in [0.05, 0.1) is 11.8 Å². The van der Waals surface area contributed by atoms with Crippen molar-refractivity contribution in [1.29, 1.82) is 0 Å². The molecule has 4 heterocycles. The predicted molar refractivity (Wildman–Crippen MR) is 106 cm³/mol. The van der Waals surface area contributed by atoms with E-state index in [2.05, 4.69) is 15.3 Å². The minimum atomic E-state index is -0.188. The van der Waals surface area contributed by atoms with E-state index in [1.165, 1.54) is 0 Å². The molecule has 1 aliphatic carbocycles. The van der Waals surface area contributed by atoms with Crippen LogP contribution in [0.2, 0.25) is 0 Å². The summed E-state index contributed by atoms with van der Waals surface area (Å²) in [7, 11) is 0. The first-order valence-corrected chi connectivity index (χ1v) is 9.96. The van der Waals surface area contributed by atoms with Crippen LogP contribution in [-0.4, -0.2) is 46.3 Å². The van der Waals surface area contributed by atoms with Gasteiger partial charge in [-0.15, -0.1) is 0 Å². The van der Waals surface area contributed by atoms with E-state index in [9.17, 15) is 9.59 Å². The Labute approximate surface area is 168 Å². The average Bonchev–Trinajstić information content (AvgIpc) is 3.24. The normalized spacial score (nSPS) is 20.0. The lowest BCUT2D eigenvalue weighted by Crippen LogP contribution is -2.40. The van der Waals surface area contributed by atoms with Crippen LogP contribution in [0.3, 0.4) is 0 Å². The molecule has 7 heteroatoms. The molecule has 1 saturated carbocycles. The van der Waals surface area contributed by atoms with Gasteiger partial charge in [-0.3, -0.25) is 19.6 Å². The van der Waals surface area contributed by atoms with Gasteiger partial charge in [-0.1, -0.05) is 0 Å². The van der Waals surface area contributed by atoms with Crippen molar-refractivity contribution in [2.75, 3.05) is 19.6 Å². The summed E-state index contributed by atoms with van der Waals surface area (Å²) < 4.78 is 5.58. The van der Waals surface area contributed by atoms with Crippen LogP contribution in [0, 0.1) is 11.3 Å². The maximum atomic E-state index is 12.6. The lowest BCUT2D eigenvalue weighted by Gasteiger charge is -2.33. The van der Waals surface area contributed by atoms with E-state index in [-0.39, 0.29) is 17.2 Å². The fourth-order valence-electron chi connectivity index (χ4n) is 4.46. The van der Waals surface area contributed by atoms with Crippen molar-refractivity contribution in [3.63, 3.8) is 0 Å². The van der Waals surface area contributed by atoms with Gasteiger partial charge in [-0.2, -0.15) is 0 Å². The molecule has 7 nitrogen and oxygen atoms in total. The Kier molecular flexibility index (Phi) is 4.30. The lowest BCUT2D eigenvalue weighted by molar-refractivity contribution is 0.0668. The van der Waals surface area contributed by atoms with E-state index in [1.807, 2.05) is 17.0 Å². The molecular weight excluding hydrogens is 368 g/mol. The van der Waals surface area contributed by atoms with Crippen LogP contribution in [0.25, 0.3) is 11.0 Å². The first kappa shape index (κ1) is 17.8. The summed E-state index contributed by atoms with van der Waals surface area (Å²) in [4.78, 5) is 35.0. The highest BCUT2D eigenvalue weighted by molar-refractivity contribution is 5.96. The van der Waals surface area contributed by atoms with Gasteiger partial charge >= 0.3 is 0 Å². The highest BCUT2D eigenvalue weighted by Gasteiger charge is 2.54. The van der Waals surface area contributed by atoms with Crippen molar-refractivity contribution in [3.8, 4) is 0 Å². The molecule has 0 aromatic carbocycles. The van der Waals surface area contributed by atoms with Gasteiger partial charge in [0, 0.05) is 43.6 Å². The molecule has 2 aliphatic rings. The molecule has 29 heavy (non-hydrogen) atoms. The second-order valence-corrected chi connectivity index (χ2v) is 8.03. The maximum absolute atomic E-state index is 12.6. The van der Waals surface area contributed by atoms with Crippen LogP contribution in [0.15, 0.2) is 53.5 Å². The van der Waals surface area contributed by atoms with Gasteiger partial charge in [-0.05, 0) is 54.9 Å². The van der Waals surface area contributed by atoms with Crippen LogP contribution in [-0.2, 0) is 0 Å². The van der Waals surface area contributed by atoms with Crippen LogP contribution in [0.1, 0.15) is 40.2 Å². The number of furan rings is 1. The van der Waals surface area contributed by atoms with Crippen LogP contribution < -0.4 is 5.32 Å². The molecule has 1 unspecified atom stereocenters. The molecular formula is C22H22N4O3. The Morgan fingerprint density at radius 1 is 1.17 bits per heavy atom. The number of carbonyl (C=O) groups is 2. The van der Waals surface area contributed by atoms with Gasteiger partial charge in [0.15, 0.2) is 11.3 Å². The summed E-state index contributed by atoms with van der Waals surface area (Å²) in [6.45, 7) is 2.16. The fourth-order valence-corrected chi connectivity index (χ4v) is 4.46. The highest BCUT2D eigenvalue weighted by Crippen LogP contribution is 2.59. The number of likely N-dealkylation sites (tertiary alicyclic amines) is 1. The number of rotatable bonds is 4. The Balaban J connectivity index is 1.14. The van der Waals surface area contributed by atoms with E-state index in [0.717, 1.165) is 37.7 Å². The van der Waals surface area contributed by atoms with E-state index < -0.39 is 0 Å². The number of fused-ring (bicyclic) bond motifs is 1. The zero-order valence-electron chi connectivity index (χ0n) is 16.0. The number of carbonyl (C=O) groups excluding carboxylic acids is 2. The van der Waals surface area contributed by atoms with E-state index in [0.29, 0.717) is 29.4 Å². The number of hydrogen-bond donors (Lipinski definition) is 1. The number of pyridine rings is 2. The van der Waals surface area contributed by atoms with Crippen LogP contribution in [0.5, 0.6) is 0 Å². The standard InChI is InChI=1S/C22H22N4O3/c27-20(18-10-15-3-7-24-14-19(15)29-18)25-13-17-11-22(17)4-8-26(9-5-22)21(28)16-2-1-6-23-12-16/h1-3,6-7,10,12,14,17H,4-5,8-9,11,13H2,(H,25,27). The van der Waals surface area contributed by atoms with Gasteiger partial charge < -0.3 is 14.6 Å². The molecule has 0 radical (unpaired) electrons. The molecule has 1 N–H and O–H groups in total. The van der Waals surface area contributed by atoms with Crippen LogP contribution >= 0.6 is 0 Å². The number of piperidine rings is 1. The van der Waals surface area contributed by atoms with E-state index in [4.69, 9.17) is 4.42 Å². The smallest absolute Gasteiger partial charge is 0.287 e. The molecule has 3 aromatic heterocycles. The zero-order chi connectivity index (χ0) is 19.8. The molecule has 148 valence electrons. The van der Waals surface area contributed by atoms with Gasteiger partial charge in [0.25, 0.3) is 11.8 Å². The first-order chi connectivity index (χ1) is 14.1. The second-order valence-electron chi connectivity index (χ2n) is 8.03. The monoisotopic (exact) mass is 390 g/mol. The molecule has 2 fully saturated rings. The van der Waals surface area contributed by atoms with Crippen LogP contribution in [0.4, 0.5) is 0 Å². The number of aromatic nitrogens is 2. The van der Waals surface area contributed by atoms with Gasteiger partial charge in [-0.25, -0.2) is 0 Å². The molecule has 5 rings (SSSR count). The molecule has 1 saturated heterocycles. The second kappa shape index (κ2) is 6.99. The van der Waals surface area contributed by atoms with Crippen molar-refractivity contribution >= 4 is 22.8 Å². The molecule has 1 aliphatic heterocycles. The van der Waals surface area contributed by atoms with Crippen molar-refractivity contribution < 1.29 is 14.0 Å². The van der Waals surface area contributed by atoms with Crippen molar-refractivity contribution in [2.24, 2.45) is 11.3 Å². The first-order valence-electron chi connectivity index (χ1n) is 9.96. The minimum Gasteiger partial charge on any atom is -0.449 e. The summed E-state index contributed by atoms with van der Waals surface area (Å²) in [5.74, 6) is 0.651. The van der Waals surface area contributed by atoms with Crippen molar-refractivity contribution in [2.45, 2.75) is 19.3 Å². The van der Waals surface area contributed by atoms with Crippen molar-refractivity contribution in [1.82, 2.24) is 20.2 Å². The summed E-state index contributed by atoms with van der Waals surface area (Å²) in [6.07, 6.45) is 9.66. The Bertz CT molecular complexity index is 1020. The third-order valence-electron chi connectivity index (χ3n) is 6.37. The SMILES string of the molecule is O=C(NCC1CC12CCN(C(=O)c1cccnc1)CC2)c1cc2ccncc2o1. The third-order valence-corrected chi connectivity index (χ3v) is 6.37. The average molecular weight is 390 g/mol. The summed E-state index contributed by atoms with van der Waals surface area (Å²) in [5, 5.41) is 3.89.